The van der Waals surface area contributed by atoms with E-state index < -0.39 is 36.0 Å². The first-order valence-corrected chi connectivity index (χ1v) is 19.7. The van der Waals surface area contributed by atoms with Crippen LogP contribution in [0.25, 0.3) is 0 Å². The first-order valence-electron chi connectivity index (χ1n) is 18.9. The fourth-order valence-electron chi connectivity index (χ4n) is 7.08. The number of rotatable bonds is 12. The molecule has 1 unspecified atom stereocenters. The highest BCUT2D eigenvalue weighted by atomic mass is 35.5. The van der Waals surface area contributed by atoms with Gasteiger partial charge in [0.2, 0.25) is 12.0 Å². The Kier molecular flexibility index (Phi) is 11.7. The number of pyridine rings is 1. The highest BCUT2D eigenvalue weighted by Gasteiger charge is 2.39. The lowest BCUT2D eigenvalue weighted by molar-refractivity contribution is -0.142. The molecular formula is C46H36Cl2N4O8. The molecule has 3 atom stereocenters. The molecule has 0 fully saturated rings. The highest BCUT2D eigenvalue weighted by Crippen LogP contribution is 2.40. The summed E-state index contributed by atoms with van der Waals surface area (Å²) >= 11 is 12.2. The summed E-state index contributed by atoms with van der Waals surface area (Å²) in [6.45, 7) is 0.290. The fourth-order valence-corrected chi connectivity index (χ4v) is 7.40. The molecule has 3 N–H and O–H groups in total. The molecule has 0 spiro atoms. The van der Waals surface area contributed by atoms with Gasteiger partial charge in [-0.25, -0.2) is 4.79 Å². The summed E-state index contributed by atoms with van der Waals surface area (Å²) in [4.78, 5) is 59.5. The van der Waals surface area contributed by atoms with Gasteiger partial charge in [-0.2, -0.15) is 0 Å². The lowest BCUT2D eigenvalue weighted by atomic mass is 9.91. The number of carboxylic acid groups (broad SMARTS) is 1. The number of hydrogen-bond donors (Lipinski definition) is 3. The van der Waals surface area contributed by atoms with Gasteiger partial charge in [-0.3, -0.25) is 19.4 Å². The molecule has 14 heteroatoms. The number of nitrogens with one attached hydrogen (secondary N) is 2. The Morgan fingerprint density at radius 2 is 1.53 bits per heavy atom. The largest absolute Gasteiger partial charge is 0.489 e. The van der Waals surface area contributed by atoms with Crippen LogP contribution in [0.5, 0.6) is 23.0 Å². The highest BCUT2D eigenvalue weighted by molar-refractivity contribution is 6.42. The van der Waals surface area contributed by atoms with Crippen molar-refractivity contribution in [2.75, 3.05) is 5.32 Å². The van der Waals surface area contributed by atoms with Gasteiger partial charge in [0.1, 0.15) is 41.7 Å². The molecule has 0 radical (unpaired) electrons. The lowest BCUT2D eigenvalue weighted by Crippen LogP contribution is -2.56. The number of carboxylic acids is 1. The number of aliphatic carboxylic acids is 1. The van der Waals surface area contributed by atoms with Gasteiger partial charge in [0.05, 0.1) is 15.7 Å². The number of benzene rings is 5. The van der Waals surface area contributed by atoms with E-state index >= 15 is 0 Å². The number of carbonyl (C=O) groups excluding carboxylic acids is 3. The van der Waals surface area contributed by atoms with Crippen LogP contribution in [0.1, 0.15) is 44.3 Å². The van der Waals surface area contributed by atoms with Gasteiger partial charge in [0.15, 0.2) is 0 Å². The maximum atomic E-state index is 14.1. The molecule has 12 nitrogen and oxygen atoms in total. The van der Waals surface area contributed by atoms with Gasteiger partial charge in [0.25, 0.3) is 11.8 Å². The molecule has 3 amide bonds. The van der Waals surface area contributed by atoms with Crippen molar-refractivity contribution in [1.82, 2.24) is 15.2 Å². The number of halogens is 2. The minimum absolute atomic E-state index is 0.0148. The summed E-state index contributed by atoms with van der Waals surface area (Å²) in [6, 6.07) is 32.3. The number of anilines is 1. The van der Waals surface area contributed by atoms with Gasteiger partial charge >= 0.3 is 5.97 Å². The predicted molar refractivity (Wildman–Crippen MR) is 224 cm³/mol. The molecular weight excluding hydrogens is 807 g/mol. The van der Waals surface area contributed by atoms with Crippen molar-refractivity contribution in [1.29, 1.82) is 0 Å². The third kappa shape index (κ3) is 9.05. The molecule has 2 aliphatic rings. The van der Waals surface area contributed by atoms with Crippen LogP contribution in [0.2, 0.25) is 10.0 Å². The zero-order valence-corrected chi connectivity index (χ0v) is 33.2. The van der Waals surface area contributed by atoms with Crippen LogP contribution < -0.4 is 24.8 Å². The monoisotopic (exact) mass is 842 g/mol. The van der Waals surface area contributed by atoms with Crippen LogP contribution >= 0.6 is 23.2 Å². The molecule has 0 aliphatic carbocycles. The van der Waals surface area contributed by atoms with Gasteiger partial charge in [-0.15, -0.1) is 0 Å². The first kappa shape index (κ1) is 39.9. The van der Waals surface area contributed by atoms with Crippen LogP contribution in [0.4, 0.5) is 5.69 Å². The third-order valence-electron chi connectivity index (χ3n) is 10.2. The van der Waals surface area contributed by atoms with E-state index in [1.807, 2.05) is 6.07 Å². The Morgan fingerprint density at radius 3 is 2.25 bits per heavy atom. The molecule has 3 heterocycles. The van der Waals surface area contributed by atoms with E-state index in [0.29, 0.717) is 66.5 Å². The van der Waals surface area contributed by atoms with E-state index in [4.69, 9.17) is 37.4 Å². The second-order valence-corrected chi connectivity index (χ2v) is 15.1. The zero-order chi connectivity index (χ0) is 41.8. The van der Waals surface area contributed by atoms with E-state index in [-0.39, 0.29) is 31.9 Å². The second-order valence-electron chi connectivity index (χ2n) is 14.3. The number of amides is 3. The first-order chi connectivity index (χ1) is 29.1. The topological polar surface area (TPSA) is 156 Å². The van der Waals surface area contributed by atoms with Crippen LogP contribution in [-0.4, -0.2) is 50.8 Å². The Balaban J connectivity index is 0.985. The van der Waals surface area contributed by atoms with Crippen LogP contribution in [0.15, 0.2) is 134 Å². The smallest absolute Gasteiger partial charge is 0.326 e. The number of nitrogens with zero attached hydrogens (tertiary/aromatic N) is 2. The molecule has 0 bridgehead atoms. The lowest BCUT2D eigenvalue weighted by Gasteiger charge is -2.37. The Bertz CT molecular complexity index is 2560. The van der Waals surface area contributed by atoms with Crippen molar-refractivity contribution in [3.8, 4) is 23.0 Å². The summed E-state index contributed by atoms with van der Waals surface area (Å²) in [5.74, 6) is -0.519. The normalized spacial score (nSPS) is 16.0. The molecule has 302 valence electrons. The molecule has 8 rings (SSSR count). The number of aromatic nitrogens is 1. The van der Waals surface area contributed by atoms with Crippen LogP contribution in [0, 0.1) is 0 Å². The third-order valence-corrected chi connectivity index (χ3v) is 10.9. The van der Waals surface area contributed by atoms with Crippen molar-refractivity contribution in [2.24, 2.45) is 0 Å². The summed E-state index contributed by atoms with van der Waals surface area (Å²) in [6.07, 6.45) is 2.30. The molecule has 0 saturated heterocycles. The number of ether oxygens (including phenoxy) is 3. The summed E-state index contributed by atoms with van der Waals surface area (Å²) in [7, 11) is 0. The average Bonchev–Trinajstić information content (AvgIpc) is 3.26. The quantitative estimate of drug-likeness (QED) is 0.111. The van der Waals surface area contributed by atoms with E-state index in [9.17, 15) is 24.3 Å². The van der Waals surface area contributed by atoms with Gasteiger partial charge in [0, 0.05) is 42.9 Å². The van der Waals surface area contributed by atoms with Crippen LogP contribution in [-0.2, 0) is 40.4 Å². The molecule has 0 saturated carbocycles. The number of carbonyl (C=O) groups is 4. The molecule has 1 aromatic heterocycles. The van der Waals surface area contributed by atoms with Gasteiger partial charge in [-0.1, -0.05) is 71.7 Å². The minimum atomic E-state index is -1.30. The van der Waals surface area contributed by atoms with Crippen molar-refractivity contribution in [2.45, 2.75) is 44.2 Å². The van der Waals surface area contributed by atoms with Gasteiger partial charge in [-0.05, 0) is 95.1 Å². The van der Waals surface area contributed by atoms with E-state index in [0.717, 1.165) is 5.56 Å². The molecule has 6 aromatic rings. The number of hydrogen-bond acceptors (Lipinski definition) is 8. The SMILES string of the molecule is O=C(O)C(Cc1ccc(Oc2ccncc2)cc1)NC(=O)[C@@H]1Cc2cc3c(cc2CN1C(=O)c1ccccc1)O[C@@H](c1ccc(OCc2ccc(Cl)c(Cl)c2)cc1)C(=O)N3. The second kappa shape index (κ2) is 17.5. The van der Waals surface area contributed by atoms with Crippen molar-refractivity contribution in [3.05, 3.63) is 177 Å². The van der Waals surface area contributed by atoms with Gasteiger partial charge < -0.3 is 34.9 Å². The standard InChI is InChI=1S/C46H36Cl2N4O8/c47-36-15-8-28(20-37(36)48)26-58-33-13-9-29(10-14-33)42-44(54)50-38-22-31-23-40(52(25-32(31)24-41(38)60-42)45(55)30-4-2-1-3-5-30)43(53)51-39(46(56)57)21-27-6-11-34(12-7-27)59-35-16-18-49-19-17-35/h1-20,22,24,39-40,42H,21,23,25-26H2,(H,50,54)(H,51,53)(H,56,57)/t39?,40-,42-/m0/s1. The molecule has 2 aliphatic heterocycles. The van der Waals surface area contributed by atoms with E-state index in [1.54, 1.807) is 128 Å². The van der Waals surface area contributed by atoms with Crippen molar-refractivity contribution in [3.63, 3.8) is 0 Å². The maximum Gasteiger partial charge on any atom is 0.326 e. The summed E-state index contributed by atoms with van der Waals surface area (Å²) in [5.41, 5.74) is 4.29. The van der Waals surface area contributed by atoms with E-state index in [1.165, 1.54) is 4.90 Å². The summed E-state index contributed by atoms with van der Waals surface area (Å²) in [5, 5.41) is 16.7. The fraction of sp³-hybridized carbons (Fsp3) is 0.152. The molecule has 60 heavy (non-hydrogen) atoms. The van der Waals surface area contributed by atoms with Crippen molar-refractivity contribution < 1.29 is 38.5 Å². The average molecular weight is 844 g/mol. The van der Waals surface area contributed by atoms with E-state index in [2.05, 4.69) is 15.6 Å². The Hall–Kier alpha value is -6.89. The molecule has 5 aromatic carbocycles. The number of fused-ring (bicyclic) bond motifs is 2. The maximum absolute atomic E-state index is 14.1. The zero-order valence-electron chi connectivity index (χ0n) is 31.7. The Labute approximate surface area is 354 Å². The Morgan fingerprint density at radius 1 is 0.833 bits per heavy atom. The summed E-state index contributed by atoms with van der Waals surface area (Å²) < 4.78 is 18.0. The minimum Gasteiger partial charge on any atom is -0.489 e. The van der Waals surface area contributed by atoms with Crippen LogP contribution in [0.3, 0.4) is 0 Å². The van der Waals surface area contributed by atoms with Crippen molar-refractivity contribution >= 4 is 52.6 Å². The predicted octanol–water partition coefficient (Wildman–Crippen LogP) is 8.21.